The first-order chi connectivity index (χ1) is 10.2. The number of hydrogen-bond donors (Lipinski definition) is 0. The largest absolute Gasteiger partial charge is 0.0749 e. The predicted octanol–water partition coefficient (Wildman–Crippen LogP) is 7.57. The lowest BCUT2D eigenvalue weighted by molar-refractivity contribution is 0.259. The molecule has 0 saturated heterocycles. The monoisotopic (exact) mass is 306 g/mol. The molecule has 0 bridgehead atoms. The summed E-state index contributed by atoms with van der Waals surface area (Å²) in [4.78, 5) is 0. The fourth-order valence-corrected chi connectivity index (χ4v) is 3.68. The summed E-state index contributed by atoms with van der Waals surface area (Å²) in [7, 11) is 6.72. The first-order valence-electron chi connectivity index (χ1n) is 10.0. The van der Waals surface area contributed by atoms with Gasteiger partial charge in [0.25, 0.3) is 0 Å². The molecule has 0 nitrogen and oxygen atoms in total. The molecule has 0 heterocycles. The van der Waals surface area contributed by atoms with Gasteiger partial charge < -0.3 is 0 Å². The van der Waals surface area contributed by atoms with E-state index in [1.54, 1.807) is 0 Å². The second-order valence-electron chi connectivity index (χ2n) is 8.55. The van der Waals surface area contributed by atoms with E-state index in [-0.39, 0.29) is 5.31 Å². The molecule has 0 amide bonds. The highest BCUT2D eigenvalue weighted by Crippen LogP contribution is 2.44. The Labute approximate surface area is 143 Å². The van der Waals surface area contributed by atoms with Crippen LogP contribution in [0.2, 0.25) is 5.31 Å². The summed E-state index contributed by atoms with van der Waals surface area (Å²) < 4.78 is 0. The van der Waals surface area contributed by atoms with Crippen molar-refractivity contribution in [3.05, 3.63) is 0 Å². The van der Waals surface area contributed by atoms with Crippen LogP contribution >= 0.6 is 0 Å². The number of unbranched alkanes of at least 4 members (excludes halogenated alkanes) is 3. The van der Waals surface area contributed by atoms with Gasteiger partial charge in [-0.15, -0.1) is 0 Å². The predicted molar refractivity (Wildman–Crippen MR) is 104 cm³/mol. The fourth-order valence-electron chi connectivity index (χ4n) is 3.68. The molecule has 0 aliphatic rings. The van der Waals surface area contributed by atoms with Gasteiger partial charge in [-0.3, -0.25) is 0 Å². The van der Waals surface area contributed by atoms with E-state index in [1.165, 1.54) is 57.8 Å². The van der Waals surface area contributed by atoms with Crippen LogP contribution in [0.3, 0.4) is 0 Å². The topological polar surface area (TPSA) is 0 Å². The maximum Gasteiger partial charge on any atom is 0.0749 e. The Balaban J connectivity index is 4.01. The van der Waals surface area contributed by atoms with Crippen LogP contribution in [-0.4, -0.2) is 7.85 Å². The van der Waals surface area contributed by atoms with Crippen molar-refractivity contribution in [3.8, 4) is 0 Å². The van der Waals surface area contributed by atoms with Gasteiger partial charge in [0.15, 0.2) is 0 Å². The highest BCUT2D eigenvalue weighted by molar-refractivity contribution is 6.15. The molecule has 0 aliphatic heterocycles. The van der Waals surface area contributed by atoms with Gasteiger partial charge in [-0.05, 0) is 30.1 Å². The van der Waals surface area contributed by atoms with E-state index in [2.05, 4.69) is 48.5 Å². The lowest BCUT2D eigenvalue weighted by Gasteiger charge is -2.37. The van der Waals surface area contributed by atoms with Gasteiger partial charge >= 0.3 is 0 Å². The zero-order valence-corrected chi connectivity index (χ0v) is 16.8. The van der Waals surface area contributed by atoms with Crippen LogP contribution in [0.4, 0.5) is 0 Å². The van der Waals surface area contributed by atoms with E-state index >= 15 is 0 Å². The average molecular weight is 306 g/mol. The van der Waals surface area contributed by atoms with Crippen molar-refractivity contribution < 1.29 is 0 Å². The lowest BCUT2D eigenvalue weighted by atomic mass is 9.55. The number of rotatable bonds is 13. The minimum Gasteiger partial charge on any atom is -0.0656 e. The molecule has 0 saturated carbocycles. The SMILES string of the molecule is [B]C(CC)(CCCCCCC(C)(CC)CC)C(C)CC(C)C. The van der Waals surface area contributed by atoms with Crippen LogP contribution in [-0.2, 0) is 0 Å². The fraction of sp³-hybridized carbons (Fsp3) is 1.00. The molecule has 1 heteroatoms. The quantitative estimate of drug-likeness (QED) is 0.243. The molecule has 130 valence electrons. The molecule has 0 spiro atoms. The normalized spacial score (nSPS) is 16.7. The summed E-state index contributed by atoms with van der Waals surface area (Å²) in [5.41, 5.74) is 0.576. The Morgan fingerprint density at radius 1 is 0.773 bits per heavy atom. The Bertz CT molecular complexity index is 267. The summed E-state index contributed by atoms with van der Waals surface area (Å²) in [6.07, 6.45) is 13.0. The average Bonchev–Trinajstić information content (AvgIpc) is 2.49. The first kappa shape index (κ1) is 22.1. The maximum absolute atomic E-state index is 6.72. The van der Waals surface area contributed by atoms with Crippen LogP contribution in [0, 0.1) is 17.3 Å². The third kappa shape index (κ3) is 8.07. The van der Waals surface area contributed by atoms with Crippen LogP contribution in [0.15, 0.2) is 0 Å². The second kappa shape index (κ2) is 10.8. The Morgan fingerprint density at radius 3 is 1.68 bits per heavy atom. The minimum absolute atomic E-state index is 0.0611. The summed E-state index contributed by atoms with van der Waals surface area (Å²) in [6, 6.07) is 0. The summed E-state index contributed by atoms with van der Waals surface area (Å²) >= 11 is 0. The molecule has 0 aromatic heterocycles. The van der Waals surface area contributed by atoms with Gasteiger partial charge in [-0.2, -0.15) is 0 Å². The molecule has 22 heavy (non-hydrogen) atoms. The Kier molecular flexibility index (Phi) is 10.8. The van der Waals surface area contributed by atoms with Gasteiger partial charge in [0.05, 0.1) is 7.85 Å². The summed E-state index contributed by atoms with van der Waals surface area (Å²) in [6.45, 7) is 16.4. The third-order valence-electron chi connectivity index (χ3n) is 6.34. The zero-order valence-electron chi connectivity index (χ0n) is 16.8. The second-order valence-corrected chi connectivity index (χ2v) is 8.55. The van der Waals surface area contributed by atoms with Crippen LogP contribution in [0.25, 0.3) is 0 Å². The minimum atomic E-state index is 0.0611. The van der Waals surface area contributed by atoms with Crippen LogP contribution < -0.4 is 0 Å². The molecule has 0 N–H and O–H groups in total. The van der Waals surface area contributed by atoms with Crippen molar-refractivity contribution in [3.63, 3.8) is 0 Å². The van der Waals surface area contributed by atoms with Crippen molar-refractivity contribution in [2.45, 2.75) is 118 Å². The Hall–Kier alpha value is 0.0649. The van der Waals surface area contributed by atoms with Crippen molar-refractivity contribution in [1.29, 1.82) is 0 Å². The lowest BCUT2D eigenvalue weighted by Crippen LogP contribution is -2.22. The van der Waals surface area contributed by atoms with Crippen molar-refractivity contribution in [2.24, 2.45) is 17.3 Å². The summed E-state index contributed by atoms with van der Waals surface area (Å²) in [5, 5.41) is 0.0611. The number of hydrogen-bond acceptors (Lipinski definition) is 0. The smallest absolute Gasteiger partial charge is 0.0656 e. The molecule has 2 atom stereocenters. The molecule has 0 aromatic carbocycles. The van der Waals surface area contributed by atoms with E-state index in [9.17, 15) is 0 Å². The van der Waals surface area contributed by atoms with Gasteiger partial charge in [-0.1, -0.05) is 105 Å². The van der Waals surface area contributed by atoms with Crippen molar-refractivity contribution in [2.75, 3.05) is 0 Å². The highest BCUT2D eigenvalue weighted by atomic mass is 14.3. The molecular formula is C21H43B. The van der Waals surface area contributed by atoms with Gasteiger partial charge in [0.2, 0.25) is 0 Å². The van der Waals surface area contributed by atoms with E-state index in [1.807, 2.05) is 0 Å². The van der Waals surface area contributed by atoms with E-state index in [4.69, 9.17) is 7.85 Å². The molecule has 0 aliphatic carbocycles. The molecule has 2 radical (unpaired) electrons. The molecule has 2 unspecified atom stereocenters. The van der Waals surface area contributed by atoms with Crippen LogP contribution in [0.1, 0.15) is 113 Å². The Morgan fingerprint density at radius 2 is 1.27 bits per heavy atom. The van der Waals surface area contributed by atoms with Crippen molar-refractivity contribution >= 4 is 7.85 Å². The molecular weight excluding hydrogens is 263 g/mol. The van der Waals surface area contributed by atoms with E-state index in [0.717, 1.165) is 12.3 Å². The van der Waals surface area contributed by atoms with E-state index < -0.39 is 0 Å². The van der Waals surface area contributed by atoms with Gasteiger partial charge in [-0.25, -0.2) is 0 Å². The highest BCUT2D eigenvalue weighted by Gasteiger charge is 2.28. The molecule has 0 fully saturated rings. The first-order valence-corrected chi connectivity index (χ1v) is 10.0. The van der Waals surface area contributed by atoms with Crippen molar-refractivity contribution in [1.82, 2.24) is 0 Å². The summed E-state index contributed by atoms with van der Waals surface area (Å²) in [5.74, 6) is 1.39. The van der Waals surface area contributed by atoms with Gasteiger partial charge in [0.1, 0.15) is 0 Å². The standard InChI is InChI=1S/C21H43B/c1-8-20(7,9-2)15-13-11-12-14-16-21(22,10-3)19(6)17-18(4)5/h18-19H,8-17H2,1-7H3. The maximum atomic E-state index is 6.72. The molecule has 0 aromatic rings. The van der Waals surface area contributed by atoms with E-state index in [0.29, 0.717) is 11.3 Å². The molecule has 0 rings (SSSR count). The zero-order chi connectivity index (χ0) is 17.2. The van der Waals surface area contributed by atoms with Gasteiger partial charge in [0, 0.05) is 0 Å². The third-order valence-corrected chi connectivity index (χ3v) is 6.34. The van der Waals surface area contributed by atoms with Crippen LogP contribution in [0.5, 0.6) is 0 Å².